The highest BCUT2D eigenvalue weighted by atomic mass is 32.2. The third-order valence-corrected chi connectivity index (χ3v) is 13.3. The number of nitrogens with two attached hydrogens (primary N) is 1. The molecule has 0 saturated heterocycles. The van der Waals surface area contributed by atoms with Gasteiger partial charge in [-0.3, -0.25) is 9.59 Å². The fourth-order valence-electron chi connectivity index (χ4n) is 8.59. The number of rotatable bonds is 8. The summed E-state index contributed by atoms with van der Waals surface area (Å²) in [6.07, 6.45) is 7.71. The van der Waals surface area contributed by atoms with Gasteiger partial charge in [0.25, 0.3) is 5.91 Å². The molecule has 13 heteroatoms. The molecule has 1 aromatic heterocycles. The highest BCUT2D eigenvalue weighted by Gasteiger charge is 2.61. The normalized spacial score (nSPS) is 31.4. The van der Waals surface area contributed by atoms with Crippen molar-refractivity contribution in [2.24, 2.45) is 11.7 Å². The van der Waals surface area contributed by atoms with Crippen molar-refractivity contribution in [3.63, 3.8) is 0 Å². The zero-order valence-electron chi connectivity index (χ0n) is 27.1. The molecule has 1 aliphatic heterocycles. The van der Waals surface area contributed by atoms with E-state index in [0.29, 0.717) is 36.5 Å². The van der Waals surface area contributed by atoms with Gasteiger partial charge in [0, 0.05) is 16.4 Å². The minimum Gasteiger partial charge on any atom is -0.491 e. The van der Waals surface area contributed by atoms with E-state index in [9.17, 15) is 18.0 Å². The van der Waals surface area contributed by atoms with Crippen molar-refractivity contribution < 1.29 is 31.7 Å². The maximum atomic E-state index is 15.7. The van der Waals surface area contributed by atoms with Gasteiger partial charge >= 0.3 is 0 Å². The van der Waals surface area contributed by atoms with Crippen LogP contribution in [0.25, 0.3) is 0 Å². The SMILES string of the molecule is CC(C)Oc1ccc(CN2C(=O)[C@@H](N)CS(=O)(=O)c3cc(F)c(C(=O)NC45CCC(c6nc(C78CC(C7)C8)no6)(CC4)CC5)cc32)cc1. The molecule has 2 heterocycles. The summed E-state index contributed by atoms with van der Waals surface area (Å²) < 4.78 is 53.9. The number of nitrogens with zero attached hydrogens (tertiary/aromatic N) is 3. The van der Waals surface area contributed by atoms with Crippen molar-refractivity contribution in [3.05, 3.63) is 65.1 Å². The van der Waals surface area contributed by atoms with Gasteiger partial charge in [-0.15, -0.1) is 0 Å². The smallest absolute Gasteiger partial charge is 0.254 e. The first-order chi connectivity index (χ1) is 22.8. The summed E-state index contributed by atoms with van der Waals surface area (Å²) in [6.45, 7) is 3.79. The Morgan fingerprint density at radius 1 is 1.08 bits per heavy atom. The monoisotopic (exact) mass is 677 g/mol. The Labute approximate surface area is 278 Å². The summed E-state index contributed by atoms with van der Waals surface area (Å²) in [6, 6.07) is 7.72. The van der Waals surface area contributed by atoms with Crippen molar-refractivity contribution in [3.8, 4) is 5.75 Å². The lowest BCUT2D eigenvalue weighted by Crippen LogP contribution is -2.58. The van der Waals surface area contributed by atoms with Gasteiger partial charge in [0.1, 0.15) is 11.6 Å². The molecule has 254 valence electrons. The van der Waals surface area contributed by atoms with Crippen LogP contribution >= 0.6 is 0 Å². The highest BCUT2D eigenvalue weighted by Crippen LogP contribution is 2.64. The highest BCUT2D eigenvalue weighted by molar-refractivity contribution is 7.91. The van der Waals surface area contributed by atoms with Crippen molar-refractivity contribution in [1.82, 2.24) is 15.5 Å². The van der Waals surface area contributed by atoms with E-state index >= 15 is 4.39 Å². The number of hydrogen-bond donors (Lipinski definition) is 2. The predicted molar refractivity (Wildman–Crippen MR) is 173 cm³/mol. The lowest BCUT2D eigenvalue weighted by Gasteiger charge is -2.59. The molecule has 6 saturated carbocycles. The predicted octanol–water partition coefficient (Wildman–Crippen LogP) is 4.47. The van der Waals surface area contributed by atoms with Crippen LogP contribution in [0.3, 0.4) is 0 Å². The number of anilines is 1. The quantitative estimate of drug-likeness (QED) is 0.351. The molecule has 3 aromatic rings. The van der Waals surface area contributed by atoms with Crippen LogP contribution < -0.4 is 20.7 Å². The number of benzene rings is 2. The average Bonchev–Trinajstić information content (AvgIpc) is 3.47. The fourth-order valence-corrected chi connectivity index (χ4v) is 10.2. The fraction of sp³-hybridized carbons (Fsp3) is 0.543. The van der Waals surface area contributed by atoms with Crippen molar-refractivity contribution in [1.29, 1.82) is 0 Å². The number of aromatic nitrogens is 2. The summed E-state index contributed by atoms with van der Waals surface area (Å²) >= 11 is 0. The summed E-state index contributed by atoms with van der Waals surface area (Å²) in [7, 11) is -4.14. The molecule has 48 heavy (non-hydrogen) atoms. The van der Waals surface area contributed by atoms with E-state index in [0.717, 1.165) is 56.3 Å². The molecular formula is C35H40FN5O6S. The Kier molecular flexibility index (Phi) is 7.09. The topological polar surface area (TPSA) is 158 Å². The average molecular weight is 678 g/mol. The zero-order valence-corrected chi connectivity index (χ0v) is 27.9. The zero-order chi connectivity index (χ0) is 33.6. The second-order valence-electron chi connectivity index (χ2n) is 15.1. The van der Waals surface area contributed by atoms with Crippen LogP contribution in [0, 0.1) is 11.7 Å². The van der Waals surface area contributed by atoms with Crippen LogP contribution in [0.5, 0.6) is 5.75 Å². The second-order valence-corrected chi connectivity index (χ2v) is 17.1. The van der Waals surface area contributed by atoms with Gasteiger partial charge in [-0.05, 0) is 107 Å². The Bertz CT molecular complexity index is 1880. The van der Waals surface area contributed by atoms with Gasteiger partial charge in [-0.2, -0.15) is 4.98 Å². The van der Waals surface area contributed by atoms with Crippen LogP contribution in [0.15, 0.2) is 45.8 Å². The molecule has 6 aliphatic carbocycles. The maximum Gasteiger partial charge on any atom is 0.254 e. The van der Waals surface area contributed by atoms with Gasteiger partial charge in [0.2, 0.25) is 11.8 Å². The molecular weight excluding hydrogens is 637 g/mol. The van der Waals surface area contributed by atoms with E-state index in [2.05, 4.69) is 10.5 Å². The summed E-state index contributed by atoms with van der Waals surface area (Å²) in [5, 5.41) is 7.49. The molecule has 1 atom stereocenters. The number of amides is 2. The first-order valence-electron chi connectivity index (χ1n) is 16.9. The third-order valence-electron chi connectivity index (χ3n) is 11.6. The van der Waals surface area contributed by atoms with Crippen LogP contribution in [0.2, 0.25) is 0 Å². The summed E-state index contributed by atoms with van der Waals surface area (Å²) in [5.41, 5.74) is 5.71. The van der Waals surface area contributed by atoms with Gasteiger partial charge in [0.05, 0.1) is 40.6 Å². The first kappa shape index (κ1) is 31.4. The Morgan fingerprint density at radius 3 is 2.35 bits per heavy atom. The minimum absolute atomic E-state index is 0.0258. The van der Waals surface area contributed by atoms with Crippen LogP contribution in [-0.2, 0) is 32.0 Å². The third kappa shape index (κ3) is 5.03. The molecule has 7 aliphatic rings. The van der Waals surface area contributed by atoms with Gasteiger partial charge in [-0.25, -0.2) is 12.8 Å². The molecule has 2 amide bonds. The van der Waals surface area contributed by atoms with E-state index in [-0.39, 0.29) is 39.6 Å². The van der Waals surface area contributed by atoms with E-state index in [1.165, 1.54) is 11.0 Å². The minimum atomic E-state index is -4.14. The number of carbonyl (C=O) groups is 2. The molecule has 0 spiro atoms. The van der Waals surface area contributed by atoms with Gasteiger partial charge in [0.15, 0.2) is 15.7 Å². The number of sulfone groups is 1. The molecule has 11 nitrogen and oxygen atoms in total. The first-order valence-corrected chi connectivity index (χ1v) is 18.5. The van der Waals surface area contributed by atoms with E-state index in [4.69, 9.17) is 20.0 Å². The summed E-state index contributed by atoms with van der Waals surface area (Å²) in [4.78, 5) is 33.1. The number of halogens is 1. The molecule has 2 aromatic carbocycles. The Balaban J connectivity index is 1.04. The number of nitrogens with one attached hydrogen (secondary N) is 1. The second kappa shape index (κ2) is 10.8. The van der Waals surface area contributed by atoms with Gasteiger partial charge < -0.3 is 25.2 Å². The van der Waals surface area contributed by atoms with E-state index in [1.54, 1.807) is 24.3 Å². The molecule has 4 bridgehead atoms. The van der Waals surface area contributed by atoms with Crippen LogP contribution in [-0.4, -0.2) is 53.8 Å². The molecule has 10 rings (SSSR count). The Morgan fingerprint density at radius 2 is 1.75 bits per heavy atom. The molecule has 3 N–H and O–H groups in total. The lowest BCUT2D eigenvalue weighted by molar-refractivity contribution is -0.119. The van der Waals surface area contributed by atoms with Gasteiger partial charge in [-0.1, -0.05) is 17.3 Å². The summed E-state index contributed by atoms with van der Waals surface area (Å²) in [5.74, 6) is 0.0716. The van der Waals surface area contributed by atoms with E-state index < -0.39 is 44.8 Å². The van der Waals surface area contributed by atoms with E-state index in [1.807, 2.05) is 13.8 Å². The molecule has 6 fully saturated rings. The van der Waals surface area contributed by atoms with Crippen LogP contribution in [0.4, 0.5) is 10.1 Å². The number of fused-ring (bicyclic) bond motifs is 4. The van der Waals surface area contributed by atoms with Crippen molar-refractivity contribution in [2.45, 2.75) is 112 Å². The number of ether oxygens (including phenoxy) is 1. The standard InChI is InChI=1S/C35H40FN5O6S/c1-20(2)46-23-5-3-21(4-6-23)18-41-27-13-24(25(36)14-28(27)48(44,45)19-26(37)30(41)43)29(42)39-35-10-7-33(8-11-35,9-12-35)32-38-31(40-47-32)34-15-22(16-34)17-34/h3-6,13-14,20,22,26H,7-12,15-19,37H2,1-2H3,(H,39,42)/t22?,26-,33?,34?,35?/m0/s1. The Hall–Kier alpha value is -3.84. The van der Waals surface area contributed by atoms with Crippen molar-refractivity contribution in [2.75, 3.05) is 10.7 Å². The number of hydrogen-bond acceptors (Lipinski definition) is 9. The lowest BCUT2D eigenvalue weighted by atomic mass is 9.44. The van der Waals surface area contributed by atoms with Crippen molar-refractivity contribution >= 4 is 27.3 Å². The molecule has 0 unspecified atom stereocenters. The number of carbonyl (C=O) groups excluding carboxylic acids is 2. The van der Waals surface area contributed by atoms with Crippen LogP contribution in [0.1, 0.15) is 99.3 Å². The largest absolute Gasteiger partial charge is 0.491 e. The molecule has 0 radical (unpaired) electrons. The maximum absolute atomic E-state index is 15.7.